The van der Waals surface area contributed by atoms with Crippen LogP contribution in [0.25, 0.3) is 0 Å². The first kappa shape index (κ1) is 15.7. The van der Waals surface area contributed by atoms with Gasteiger partial charge in [-0.05, 0) is 36.6 Å². The first-order valence-electron chi connectivity index (χ1n) is 7.05. The van der Waals surface area contributed by atoms with E-state index in [0.717, 1.165) is 24.2 Å². The molecule has 0 aliphatic rings. The van der Waals surface area contributed by atoms with Crippen molar-refractivity contribution in [1.29, 1.82) is 0 Å². The molecule has 1 aromatic carbocycles. The fraction of sp³-hybridized carbons (Fsp3) is 0.562. The highest BCUT2D eigenvalue weighted by Crippen LogP contribution is 2.13. The maximum absolute atomic E-state index is 10.8. The van der Waals surface area contributed by atoms with E-state index in [-0.39, 0.29) is 0 Å². The van der Waals surface area contributed by atoms with Crippen molar-refractivity contribution < 1.29 is 14.6 Å². The molecule has 0 fully saturated rings. The molecular weight excluding hydrogens is 240 g/mol. The smallest absolute Gasteiger partial charge is 0.335 e. The van der Waals surface area contributed by atoms with Gasteiger partial charge in [-0.3, -0.25) is 0 Å². The highest BCUT2D eigenvalue weighted by atomic mass is 16.5. The van der Waals surface area contributed by atoms with E-state index >= 15 is 0 Å². The fourth-order valence-corrected chi connectivity index (χ4v) is 1.98. The van der Waals surface area contributed by atoms with Crippen molar-refractivity contribution >= 4 is 5.97 Å². The molecule has 3 nitrogen and oxygen atoms in total. The van der Waals surface area contributed by atoms with Gasteiger partial charge in [-0.15, -0.1) is 0 Å². The van der Waals surface area contributed by atoms with Crippen molar-refractivity contribution in [3.8, 4) is 0 Å². The van der Waals surface area contributed by atoms with Crippen LogP contribution in [0.5, 0.6) is 0 Å². The van der Waals surface area contributed by atoms with Gasteiger partial charge >= 0.3 is 5.97 Å². The standard InChI is InChI=1S/C16H24O3/c1-3-4-5-6-7-10-19-12-15-9-8-14(16(17)18)11-13(15)2/h8-9,11H,3-7,10,12H2,1-2H3,(H,17,18). The molecule has 1 aromatic rings. The van der Waals surface area contributed by atoms with E-state index in [2.05, 4.69) is 6.92 Å². The molecule has 3 heteroatoms. The average Bonchev–Trinajstić information content (AvgIpc) is 2.39. The Morgan fingerprint density at radius 1 is 1.21 bits per heavy atom. The number of carbonyl (C=O) groups is 1. The van der Waals surface area contributed by atoms with E-state index in [1.54, 1.807) is 12.1 Å². The number of unbranched alkanes of at least 4 members (excludes halogenated alkanes) is 4. The Balaban J connectivity index is 2.28. The second-order valence-corrected chi connectivity index (χ2v) is 4.91. The molecule has 19 heavy (non-hydrogen) atoms. The molecule has 1 rings (SSSR count). The SMILES string of the molecule is CCCCCCCOCc1ccc(C(=O)O)cc1C. The van der Waals surface area contributed by atoms with E-state index < -0.39 is 5.97 Å². The van der Waals surface area contributed by atoms with Crippen LogP contribution < -0.4 is 0 Å². The van der Waals surface area contributed by atoms with E-state index in [1.165, 1.54) is 25.7 Å². The van der Waals surface area contributed by atoms with E-state index in [0.29, 0.717) is 12.2 Å². The number of carboxylic acid groups (broad SMARTS) is 1. The molecule has 0 amide bonds. The molecule has 0 spiro atoms. The lowest BCUT2D eigenvalue weighted by Gasteiger charge is -2.08. The van der Waals surface area contributed by atoms with Gasteiger partial charge in [-0.25, -0.2) is 4.79 Å². The van der Waals surface area contributed by atoms with Crippen LogP contribution in [0, 0.1) is 6.92 Å². The fourth-order valence-electron chi connectivity index (χ4n) is 1.98. The first-order valence-corrected chi connectivity index (χ1v) is 7.05. The zero-order valence-corrected chi connectivity index (χ0v) is 11.9. The van der Waals surface area contributed by atoms with Crippen molar-refractivity contribution in [3.05, 3.63) is 34.9 Å². The summed E-state index contributed by atoms with van der Waals surface area (Å²) in [6.45, 7) is 5.48. The van der Waals surface area contributed by atoms with Gasteiger partial charge < -0.3 is 9.84 Å². The monoisotopic (exact) mass is 264 g/mol. The van der Waals surface area contributed by atoms with Crippen molar-refractivity contribution in [2.45, 2.75) is 52.6 Å². The lowest BCUT2D eigenvalue weighted by atomic mass is 10.1. The normalized spacial score (nSPS) is 10.6. The molecule has 0 saturated carbocycles. The summed E-state index contributed by atoms with van der Waals surface area (Å²) in [5.41, 5.74) is 2.38. The van der Waals surface area contributed by atoms with Crippen LogP contribution in [-0.4, -0.2) is 17.7 Å². The van der Waals surface area contributed by atoms with Crippen molar-refractivity contribution in [2.75, 3.05) is 6.61 Å². The molecule has 1 N–H and O–H groups in total. The minimum atomic E-state index is -0.883. The largest absolute Gasteiger partial charge is 0.478 e. The van der Waals surface area contributed by atoms with Crippen LogP contribution >= 0.6 is 0 Å². The lowest BCUT2D eigenvalue weighted by molar-refractivity contribution is 0.0696. The average molecular weight is 264 g/mol. The lowest BCUT2D eigenvalue weighted by Crippen LogP contribution is -2.01. The Bertz CT molecular complexity index is 399. The van der Waals surface area contributed by atoms with Gasteiger partial charge in [0.05, 0.1) is 12.2 Å². The number of rotatable bonds is 9. The molecule has 0 bridgehead atoms. The van der Waals surface area contributed by atoms with E-state index in [1.807, 2.05) is 13.0 Å². The number of carboxylic acids is 1. The van der Waals surface area contributed by atoms with Gasteiger partial charge in [0.1, 0.15) is 0 Å². The molecular formula is C16H24O3. The summed E-state index contributed by atoms with van der Waals surface area (Å²) in [6.07, 6.45) is 6.18. The molecule has 0 aliphatic heterocycles. The van der Waals surface area contributed by atoms with Crippen LogP contribution in [0.15, 0.2) is 18.2 Å². The highest BCUT2D eigenvalue weighted by molar-refractivity contribution is 5.87. The highest BCUT2D eigenvalue weighted by Gasteiger charge is 2.05. The predicted octanol–water partition coefficient (Wildman–Crippen LogP) is 4.18. The Morgan fingerprint density at radius 3 is 2.58 bits per heavy atom. The summed E-state index contributed by atoms with van der Waals surface area (Å²) in [6, 6.07) is 5.17. The van der Waals surface area contributed by atoms with Crippen LogP contribution in [0.4, 0.5) is 0 Å². The van der Waals surface area contributed by atoms with Crippen molar-refractivity contribution in [1.82, 2.24) is 0 Å². The molecule has 0 aromatic heterocycles. The number of ether oxygens (including phenoxy) is 1. The number of aromatic carboxylic acids is 1. The molecule has 0 heterocycles. The van der Waals surface area contributed by atoms with Crippen LogP contribution in [0.2, 0.25) is 0 Å². The van der Waals surface area contributed by atoms with Gasteiger partial charge in [0.15, 0.2) is 0 Å². The van der Waals surface area contributed by atoms with Crippen LogP contribution in [-0.2, 0) is 11.3 Å². The predicted molar refractivity (Wildman–Crippen MR) is 76.6 cm³/mol. The van der Waals surface area contributed by atoms with Crippen LogP contribution in [0.1, 0.15) is 60.5 Å². The Labute approximate surface area is 115 Å². The molecule has 0 atom stereocenters. The second kappa shape index (κ2) is 8.70. The number of hydrogen-bond acceptors (Lipinski definition) is 2. The molecule has 0 saturated heterocycles. The van der Waals surface area contributed by atoms with Gasteiger partial charge in [0, 0.05) is 6.61 Å². The van der Waals surface area contributed by atoms with Gasteiger partial charge in [-0.1, -0.05) is 38.7 Å². The zero-order valence-electron chi connectivity index (χ0n) is 11.9. The molecule has 106 valence electrons. The third-order valence-corrected chi connectivity index (χ3v) is 3.24. The molecule has 0 unspecified atom stereocenters. The number of hydrogen-bond donors (Lipinski definition) is 1. The van der Waals surface area contributed by atoms with Gasteiger partial charge in [0.2, 0.25) is 0 Å². The molecule has 0 radical (unpaired) electrons. The van der Waals surface area contributed by atoms with Gasteiger partial charge in [0.25, 0.3) is 0 Å². The summed E-state index contributed by atoms with van der Waals surface area (Å²) in [5, 5.41) is 8.89. The summed E-state index contributed by atoms with van der Waals surface area (Å²) in [4.78, 5) is 10.8. The summed E-state index contributed by atoms with van der Waals surface area (Å²) in [5.74, 6) is -0.883. The maximum Gasteiger partial charge on any atom is 0.335 e. The summed E-state index contributed by atoms with van der Waals surface area (Å²) < 4.78 is 5.63. The third-order valence-electron chi connectivity index (χ3n) is 3.24. The second-order valence-electron chi connectivity index (χ2n) is 4.91. The topological polar surface area (TPSA) is 46.5 Å². The Hall–Kier alpha value is -1.35. The summed E-state index contributed by atoms with van der Waals surface area (Å²) >= 11 is 0. The quantitative estimate of drug-likeness (QED) is 0.680. The first-order chi connectivity index (χ1) is 9.15. The van der Waals surface area contributed by atoms with E-state index in [4.69, 9.17) is 9.84 Å². The van der Waals surface area contributed by atoms with Crippen LogP contribution in [0.3, 0.4) is 0 Å². The zero-order chi connectivity index (χ0) is 14.1. The van der Waals surface area contributed by atoms with Crippen molar-refractivity contribution in [2.24, 2.45) is 0 Å². The minimum Gasteiger partial charge on any atom is -0.478 e. The number of aryl methyl sites for hydroxylation is 1. The maximum atomic E-state index is 10.8. The van der Waals surface area contributed by atoms with Crippen molar-refractivity contribution in [3.63, 3.8) is 0 Å². The Morgan fingerprint density at radius 2 is 1.95 bits per heavy atom. The minimum absolute atomic E-state index is 0.334. The third kappa shape index (κ3) is 5.88. The molecule has 0 aliphatic carbocycles. The van der Waals surface area contributed by atoms with Gasteiger partial charge in [-0.2, -0.15) is 0 Å². The number of benzene rings is 1. The van der Waals surface area contributed by atoms with E-state index in [9.17, 15) is 4.79 Å². The Kier molecular flexibility index (Phi) is 7.19. The summed E-state index contributed by atoms with van der Waals surface area (Å²) in [7, 11) is 0.